The third-order valence-corrected chi connectivity index (χ3v) is 7.28. The quantitative estimate of drug-likeness (QED) is 0.492. The van der Waals surface area contributed by atoms with Crippen molar-refractivity contribution in [3.8, 4) is 0 Å². The molecule has 0 atom stereocenters. The van der Waals surface area contributed by atoms with Gasteiger partial charge in [-0.2, -0.15) is 0 Å². The third-order valence-electron chi connectivity index (χ3n) is 5.62. The van der Waals surface area contributed by atoms with Crippen LogP contribution in [-0.4, -0.2) is 6.04 Å². The molecule has 1 nitrogen and oxygen atoms in total. The molecule has 0 spiro atoms. The summed E-state index contributed by atoms with van der Waals surface area (Å²) in [6.45, 7) is 21.0. The Morgan fingerprint density at radius 2 is 1.76 bits per heavy atom. The van der Waals surface area contributed by atoms with E-state index in [2.05, 4.69) is 85.4 Å². The molecule has 0 bridgehead atoms. The Hall–Kier alpha value is -1.02. The summed E-state index contributed by atoms with van der Waals surface area (Å²) in [4.78, 5) is 4.15. The number of anilines is 1. The summed E-state index contributed by atoms with van der Waals surface area (Å²) in [7, 11) is 0. The van der Waals surface area contributed by atoms with Gasteiger partial charge in [0.15, 0.2) is 0 Å². The van der Waals surface area contributed by atoms with Gasteiger partial charge in [0.05, 0.1) is 5.00 Å². The average Bonchev–Trinajstić information content (AvgIpc) is 2.87. The molecule has 2 rings (SSSR count). The van der Waals surface area contributed by atoms with Crippen LogP contribution in [0.2, 0.25) is 0 Å². The first-order valence-electron chi connectivity index (χ1n) is 9.83. The molecule has 140 valence electrons. The number of rotatable bonds is 5. The van der Waals surface area contributed by atoms with Gasteiger partial charge in [0.2, 0.25) is 0 Å². The van der Waals surface area contributed by atoms with Crippen LogP contribution < -0.4 is 4.90 Å². The molecular weight excluding hydrogens is 322 g/mol. The fourth-order valence-corrected chi connectivity index (χ4v) is 5.86. The summed E-state index contributed by atoms with van der Waals surface area (Å²) in [5.74, 6) is 0. The second-order valence-corrected chi connectivity index (χ2v) is 9.99. The second kappa shape index (κ2) is 7.31. The number of allylic oxidation sites excluding steroid dienone is 3. The van der Waals surface area contributed by atoms with Gasteiger partial charge in [0.25, 0.3) is 0 Å². The lowest BCUT2D eigenvalue weighted by Gasteiger charge is -2.39. The molecule has 0 saturated carbocycles. The topological polar surface area (TPSA) is 3.24 Å². The van der Waals surface area contributed by atoms with Crippen LogP contribution >= 0.6 is 11.3 Å². The van der Waals surface area contributed by atoms with E-state index in [4.69, 9.17) is 0 Å². The fourth-order valence-electron chi connectivity index (χ4n) is 4.09. The summed E-state index contributed by atoms with van der Waals surface area (Å²) >= 11 is 2.04. The van der Waals surface area contributed by atoms with Gasteiger partial charge >= 0.3 is 0 Å². The Morgan fingerprint density at radius 1 is 1.16 bits per heavy atom. The van der Waals surface area contributed by atoms with E-state index in [0.717, 1.165) is 6.42 Å². The number of nitrogens with zero attached hydrogens (tertiary/aromatic N) is 1. The van der Waals surface area contributed by atoms with Crippen LogP contribution in [0.25, 0.3) is 0 Å². The van der Waals surface area contributed by atoms with Crippen molar-refractivity contribution >= 4 is 16.3 Å². The van der Waals surface area contributed by atoms with Crippen molar-refractivity contribution in [3.05, 3.63) is 39.9 Å². The van der Waals surface area contributed by atoms with Crippen LogP contribution in [0.15, 0.2) is 23.9 Å². The standard InChI is InChI=1S/C23H37NS/c1-10-12-13-18(11-2)24(16(3)4)21-17(5)19-20(25-21)23(8,9)15-14-22(19,6)7/h11-13,16H,10,14-15H2,1-9H3. The highest BCUT2D eigenvalue weighted by Gasteiger charge is 2.41. The zero-order valence-electron chi connectivity index (χ0n) is 17.8. The highest BCUT2D eigenvalue weighted by Crippen LogP contribution is 2.54. The van der Waals surface area contributed by atoms with Crippen molar-refractivity contribution in [1.29, 1.82) is 0 Å². The Kier molecular flexibility index (Phi) is 5.93. The highest BCUT2D eigenvalue weighted by atomic mass is 32.1. The number of hydrogen-bond donors (Lipinski definition) is 0. The smallest absolute Gasteiger partial charge is 0.0991 e. The van der Waals surface area contributed by atoms with E-state index < -0.39 is 0 Å². The van der Waals surface area contributed by atoms with Crippen molar-refractivity contribution in [2.75, 3.05) is 4.90 Å². The molecule has 0 saturated heterocycles. The van der Waals surface area contributed by atoms with E-state index in [1.165, 1.54) is 29.1 Å². The molecule has 1 aromatic rings. The average molecular weight is 360 g/mol. The zero-order chi connectivity index (χ0) is 19.0. The highest BCUT2D eigenvalue weighted by molar-refractivity contribution is 7.16. The van der Waals surface area contributed by atoms with Gasteiger partial charge < -0.3 is 4.90 Å². The molecule has 0 aliphatic heterocycles. The summed E-state index contributed by atoms with van der Waals surface area (Å²) in [6.07, 6.45) is 10.4. The van der Waals surface area contributed by atoms with Crippen LogP contribution in [0.1, 0.15) is 90.7 Å². The van der Waals surface area contributed by atoms with Crippen LogP contribution in [0.3, 0.4) is 0 Å². The van der Waals surface area contributed by atoms with Crippen molar-refractivity contribution in [3.63, 3.8) is 0 Å². The fraction of sp³-hybridized carbons (Fsp3) is 0.652. The largest absolute Gasteiger partial charge is 0.331 e. The van der Waals surface area contributed by atoms with E-state index in [1.807, 2.05) is 11.3 Å². The SMILES string of the molecule is CC=C(C=CCC)N(c1sc2c(c1C)C(C)(C)CCC2(C)C)C(C)C. The molecule has 0 aromatic carbocycles. The van der Waals surface area contributed by atoms with E-state index >= 15 is 0 Å². The van der Waals surface area contributed by atoms with Crippen LogP contribution in [-0.2, 0) is 10.8 Å². The van der Waals surface area contributed by atoms with Gasteiger partial charge in [-0.25, -0.2) is 0 Å². The van der Waals surface area contributed by atoms with Crippen molar-refractivity contribution in [2.24, 2.45) is 0 Å². The summed E-state index contributed by atoms with van der Waals surface area (Å²) < 4.78 is 0. The first-order valence-corrected chi connectivity index (χ1v) is 10.6. The second-order valence-electron chi connectivity index (χ2n) is 8.99. The summed E-state index contributed by atoms with van der Waals surface area (Å²) in [6, 6.07) is 0.442. The van der Waals surface area contributed by atoms with Gasteiger partial charge in [0.1, 0.15) is 0 Å². The molecule has 0 radical (unpaired) electrons. The molecular formula is C23H37NS. The molecule has 1 aliphatic rings. The normalized spacial score (nSPS) is 19.5. The number of fused-ring (bicyclic) bond motifs is 1. The van der Waals surface area contributed by atoms with E-state index in [9.17, 15) is 0 Å². The number of thiophene rings is 1. The molecule has 0 unspecified atom stereocenters. The maximum Gasteiger partial charge on any atom is 0.0991 e. The van der Waals surface area contributed by atoms with Crippen molar-refractivity contribution < 1.29 is 0 Å². The Balaban J connectivity index is 2.66. The molecule has 0 amide bonds. The minimum Gasteiger partial charge on any atom is -0.331 e. The van der Waals surface area contributed by atoms with Gasteiger partial charge in [-0.1, -0.05) is 46.8 Å². The Morgan fingerprint density at radius 3 is 2.24 bits per heavy atom. The van der Waals surface area contributed by atoms with E-state index in [0.29, 0.717) is 6.04 Å². The molecule has 2 heteroatoms. The monoisotopic (exact) mass is 359 g/mol. The third kappa shape index (κ3) is 3.74. The molecule has 0 N–H and O–H groups in total. The lowest BCUT2D eigenvalue weighted by atomic mass is 9.66. The lowest BCUT2D eigenvalue weighted by Crippen LogP contribution is -2.32. The van der Waals surface area contributed by atoms with Gasteiger partial charge in [-0.05, 0) is 75.0 Å². The van der Waals surface area contributed by atoms with Gasteiger partial charge in [-0.15, -0.1) is 11.3 Å². The Labute approximate surface area is 159 Å². The molecule has 1 aromatic heterocycles. The van der Waals surface area contributed by atoms with Crippen molar-refractivity contribution in [2.45, 2.75) is 98.4 Å². The van der Waals surface area contributed by atoms with Crippen molar-refractivity contribution in [1.82, 2.24) is 0 Å². The van der Waals surface area contributed by atoms with Gasteiger partial charge in [0, 0.05) is 16.6 Å². The summed E-state index contributed by atoms with van der Waals surface area (Å²) in [5.41, 5.74) is 4.99. The first kappa shape index (κ1) is 20.3. The first-order chi connectivity index (χ1) is 11.6. The lowest BCUT2D eigenvalue weighted by molar-refractivity contribution is 0.337. The van der Waals surface area contributed by atoms with Crippen LogP contribution in [0, 0.1) is 6.92 Å². The Bertz CT molecular complexity index is 671. The van der Waals surface area contributed by atoms with E-state index in [1.54, 1.807) is 10.4 Å². The van der Waals surface area contributed by atoms with E-state index in [-0.39, 0.29) is 10.8 Å². The maximum atomic E-state index is 2.54. The van der Waals surface area contributed by atoms with Crippen LogP contribution in [0.5, 0.6) is 0 Å². The predicted molar refractivity (Wildman–Crippen MR) is 115 cm³/mol. The number of hydrogen-bond acceptors (Lipinski definition) is 2. The minimum atomic E-state index is 0.279. The molecule has 0 fully saturated rings. The minimum absolute atomic E-state index is 0.279. The molecule has 1 aliphatic carbocycles. The summed E-state index contributed by atoms with van der Waals surface area (Å²) in [5, 5.41) is 1.44. The molecule has 25 heavy (non-hydrogen) atoms. The molecule has 1 heterocycles. The maximum absolute atomic E-state index is 2.54. The predicted octanol–water partition coefficient (Wildman–Crippen LogP) is 7.49. The van der Waals surface area contributed by atoms with Crippen LogP contribution in [0.4, 0.5) is 5.00 Å². The van der Waals surface area contributed by atoms with Gasteiger partial charge in [-0.3, -0.25) is 0 Å². The zero-order valence-corrected chi connectivity index (χ0v) is 18.6.